The van der Waals surface area contributed by atoms with Crippen molar-refractivity contribution in [3.63, 3.8) is 0 Å². The number of hydrogen-bond acceptors (Lipinski definition) is 2. The summed E-state index contributed by atoms with van der Waals surface area (Å²) >= 11 is 0. The van der Waals surface area contributed by atoms with E-state index in [1.54, 1.807) is 12.1 Å². The van der Waals surface area contributed by atoms with Gasteiger partial charge >= 0.3 is 0 Å². The molecule has 1 amide bonds. The number of piperidine rings is 1. The van der Waals surface area contributed by atoms with E-state index in [0.717, 1.165) is 37.9 Å². The molecule has 4 heteroatoms. The van der Waals surface area contributed by atoms with Crippen LogP contribution >= 0.6 is 0 Å². The molecule has 1 aliphatic rings. The molecule has 19 heavy (non-hydrogen) atoms. The van der Waals surface area contributed by atoms with Gasteiger partial charge < -0.3 is 10.6 Å². The maximum absolute atomic E-state index is 12.7. The maximum Gasteiger partial charge on any atom is 0.220 e. The molecule has 2 N–H and O–H groups in total. The third-order valence-corrected chi connectivity index (χ3v) is 3.58. The van der Waals surface area contributed by atoms with E-state index in [9.17, 15) is 9.18 Å². The van der Waals surface area contributed by atoms with E-state index in [2.05, 4.69) is 10.6 Å². The lowest BCUT2D eigenvalue weighted by atomic mass is 9.94. The SMILES string of the molecule is O=C(CC1CCNCC1)NCCc1ccc(F)cc1. The largest absolute Gasteiger partial charge is 0.356 e. The monoisotopic (exact) mass is 264 g/mol. The Morgan fingerprint density at radius 3 is 2.63 bits per heavy atom. The zero-order valence-electron chi connectivity index (χ0n) is 11.1. The predicted octanol–water partition coefficient (Wildman–Crippen LogP) is 1.87. The molecule has 3 nitrogen and oxygen atoms in total. The van der Waals surface area contributed by atoms with Crippen LogP contribution in [0.5, 0.6) is 0 Å². The van der Waals surface area contributed by atoms with Crippen molar-refractivity contribution in [2.75, 3.05) is 19.6 Å². The third kappa shape index (κ3) is 4.99. The minimum Gasteiger partial charge on any atom is -0.356 e. The number of rotatable bonds is 5. The van der Waals surface area contributed by atoms with Crippen LogP contribution in [-0.4, -0.2) is 25.5 Å². The van der Waals surface area contributed by atoms with Gasteiger partial charge in [-0.1, -0.05) is 12.1 Å². The number of halogens is 1. The Morgan fingerprint density at radius 1 is 1.26 bits per heavy atom. The first-order valence-corrected chi connectivity index (χ1v) is 6.96. The zero-order chi connectivity index (χ0) is 13.5. The molecule has 1 aromatic rings. The highest BCUT2D eigenvalue weighted by Crippen LogP contribution is 2.15. The molecule has 0 saturated carbocycles. The Labute approximate surface area is 113 Å². The molecule has 1 fully saturated rings. The molecule has 1 heterocycles. The molecule has 0 aliphatic carbocycles. The van der Waals surface area contributed by atoms with Crippen LogP contribution < -0.4 is 10.6 Å². The van der Waals surface area contributed by atoms with Crippen LogP contribution in [0.4, 0.5) is 4.39 Å². The molecular formula is C15H21FN2O. The Morgan fingerprint density at radius 2 is 1.95 bits per heavy atom. The van der Waals surface area contributed by atoms with Crippen molar-refractivity contribution in [3.05, 3.63) is 35.6 Å². The van der Waals surface area contributed by atoms with Crippen LogP contribution in [0.1, 0.15) is 24.8 Å². The average molecular weight is 264 g/mol. The van der Waals surface area contributed by atoms with Gasteiger partial charge in [-0.15, -0.1) is 0 Å². The summed E-state index contributed by atoms with van der Waals surface area (Å²) in [6.45, 7) is 2.66. The Hall–Kier alpha value is -1.42. The van der Waals surface area contributed by atoms with E-state index in [-0.39, 0.29) is 11.7 Å². The van der Waals surface area contributed by atoms with E-state index in [0.29, 0.717) is 18.9 Å². The van der Waals surface area contributed by atoms with Gasteiger partial charge in [-0.25, -0.2) is 4.39 Å². The number of nitrogens with one attached hydrogen (secondary N) is 2. The summed E-state index contributed by atoms with van der Waals surface area (Å²) < 4.78 is 12.7. The molecule has 0 bridgehead atoms. The van der Waals surface area contributed by atoms with Crippen LogP contribution in [0.2, 0.25) is 0 Å². The maximum atomic E-state index is 12.7. The third-order valence-electron chi connectivity index (χ3n) is 3.58. The molecule has 1 aliphatic heterocycles. The standard InChI is InChI=1S/C15H21FN2O/c16-14-3-1-12(2-4-14)7-10-18-15(19)11-13-5-8-17-9-6-13/h1-4,13,17H,5-11H2,(H,18,19). The molecular weight excluding hydrogens is 243 g/mol. The first-order valence-electron chi connectivity index (χ1n) is 6.96. The fraction of sp³-hybridized carbons (Fsp3) is 0.533. The van der Waals surface area contributed by atoms with Crippen molar-refractivity contribution in [1.29, 1.82) is 0 Å². The number of amides is 1. The highest BCUT2D eigenvalue weighted by Gasteiger charge is 2.16. The van der Waals surface area contributed by atoms with E-state index < -0.39 is 0 Å². The van der Waals surface area contributed by atoms with Gasteiger partial charge in [0.1, 0.15) is 5.82 Å². The number of carbonyl (C=O) groups excluding carboxylic acids is 1. The second kappa shape index (κ2) is 7.24. The summed E-state index contributed by atoms with van der Waals surface area (Å²) in [5, 5.41) is 6.23. The van der Waals surface area contributed by atoms with E-state index >= 15 is 0 Å². The van der Waals surface area contributed by atoms with Gasteiger partial charge in [0.25, 0.3) is 0 Å². The van der Waals surface area contributed by atoms with Crippen LogP contribution in [0.25, 0.3) is 0 Å². The minimum atomic E-state index is -0.223. The molecule has 0 atom stereocenters. The molecule has 0 radical (unpaired) electrons. The average Bonchev–Trinajstić information content (AvgIpc) is 2.42. The van der Waals surface area contributed by atoms with Gasteiger partial charge in [0.15, 0.2) is 0 Å². The van der Waals surface area contributed by atoms with Crippen molar-refractivity contribution in [3.8, 4) is 0 Å². The molecule has 104 valence electrons. The second-order valence-electron chi connectivity index (χ2n) is 5.12. The number of hydrogen-bond donors (Lipinski definition) is 2. The van der Waals surface area contributed by atoms with Gasteiger partial charge in [-0.2, -0.15) is 0 Å². The van der Waals surface area contributed by atoms with E-state index in [1.807, 2.05) is 0 Å². The number of carbonyl (C=O) groups is 1. The van der Waals surface area contributed by atoms with Gasteiger partial charge in [-0.05, 0) is 56.0 Å². The summed E-state index contributed by atoms with van der Waals surface area (Å²) in [7, 11) is 0. The van der Waals surface area contributed by atoms with Crippen molar-refractivity contribution in [1.82, 2.24) is 10.6 Å². The van der Waals surface area contributed by atoms with Crippen LogP contribution in [0.3, 0.4) is 0 Å². The quantitative estimate of drug-likeness (QED) is 0.852. The number of benzene rings is 1. The topological polar surface area (TPSA) is 41.1 Å². The van der Waals surface area contributed by atoms with Crippen molar-refractivity contribution < 1.29 is 9.18 Å². The first kappa shape index (κ1) is 14.0. The summed E-state index contributed by atoms with van der Waals surface area (Å²) in [5.41, 5.74) is 1.04. The first-order chi connectivity index (χ1) is 9.24. The zero-order valence-corrected chi connectivity index (χ0v) is 11.1. The fourth-order valence-electron chi connectivity index (χ4n) is 2.42. The highest BCUT2D eigenvalue weighted by atomic mass is 19.1. The van der Waals surface area contributed by atoms with Crippen LogP contribution in [0.15, 0.2) is 24.3 Å². The highest BCUT2D eigenvalue weighted by molar-refractivity contribution is 5.76. The van der Waals surface area contributed by atoms with E-state index in [1.165, 1.54) is 12.1 Å². The van der Waals surface area contributed by atoms with Crippen LogP contribution in [-0.2, 0) is 11.2 Å². The summed E-state index contributed by atoms with van der Waals surface area (Å²) in [6.07, 6.45) is 3.56. The normalized spacial score (nSPS) is 16.3. The Bertz CT molecular complexity index is 399. The molecule has 1 aromatic carbocycles. The van der Waals surface area contributed by atoms with Gasteiger partial charge in [0.2, 0.25) is 5.91 Å². The second-order valence-corrected chi connectivity index (χ2v) is 5.12. The fourth-order valence-corrected chi connectivity index (χ4v) is 2.42. The summed E-state index contributed by atoms with van der Waals surface area (Å²) in [5.74, 6) is 0.430. The lowest BCUT2D eigenvalue weighted by molar-refractivity contribution is -0.122. The van der Waals surface area contributed by atoms with Crippen molar-refractivity contribution in [2.24, 2.45) is 5.92 Å². The minimum absolute atomic E-state index is 0.133. The summed E-state index contributed by atoms with van der Waals surface area (Å²) in [6, 6.07) is 6.42. The van der Waals surface area contributed by atoms with E-state index in [4.69, 9.17) is 0 Å². The predicted molar refractivity (Wildman–Crippen MR) is 73.3 cm³/mol. The van der Waals surface area contributed by atoms with Gasteiger partial charge in [0.05, 0.1) is 0 Å². The van der Waals surface area contributed by atoms with Gasteiger partial charge in [-0.3, -0.25) is 4.79 Å². The molecule has 0 unspecified atom stereocenters. The molecule has 0 aromatic heterocycles. The molecule has 1 saturated heterocycles. The lowest BCUT2D eigenvalue weighted by Gasteiger charge is -2.21. The molecule has 0 spiro atoms. The lowest BCUT2D eigenvalue weighted by Crippen LogP contribution is -2.33. The van der Waals surface area contributed by atoms with Crippen molar-refractivity contribution >= 4 is 5.91 Å². The van der Waals surface area contributed by atoms with Gasteiger partial charge in [0, 0.05) is 13.0 Å². The summed E-state index contributed by atoms with van der Waals surface area (Å²) in [4.78, 5) is 11.8. The molecule has 2 rings (SSSR count). The smallest absolute Gasteiger partial charge is 0.220 e. The Kier molecular flexibility index (Phi) is 5.33. The van der Waals surface area contributed by atoms with Crippen LogP contribution in [0, 0.1) is 11.7 Å². The van der Waals surface area contributed by atoms with Crippen molar-refractivity contribution in [2.45, 2.75) is 25.7 Å². The Balaban J connectivity index is 1.64.